The van der Waals surface area contributed by atoms with Crippen molar-refractivity contribution in [3.8, 4) is 22.3 Å². The van der Waals surface area contributed by atoms with Crippen molar-refractivity contribution in [2.45, 2.75) is 0 Å². The maximum atomic E-state index is 13.5. The Hall–Kier alpha value is -2.95. The Morgan fingerprint density at radius 2 is 2.00 bits per heavy atom. The van der Waals surface area contributed by atoms with Crippen molar-refractivity contribution in [2.24, 2.45) is 7.05 Å². The van der Waals surface area contributed by atoms with Crippen molar-refractivity contribution >= 4 is 11.0 Å². The second kappa shape index (κ2) is 4.80. The molecule has 3 aromatic heterocycles. The highest BCUT2D eigenvalue weighted by Crippen LogP contribution is 2.31. The summed E-state index contributed by atoms with van der Waals surface area (Å²) in [5, 5.41) is 5.15. The van der Waals surface area contributed by atoms with Crippen LogP contribution in [0.25, 0.3) is 33.3 Å². The molecule has 0 fully saturated rings. The first kappa shape index (κ1) is 12.8. The van der Waals surface area contributed by atoms with Crippen molar-refractivity contribution in [3.63, 3.8) is 0 Å². The zero-order chi connectivity index (χ0) is 15.1. The van der Waals surface area contributed by atoms with E-state index in [9.17, 15) is 4.39 Å². The van der Waals surface area contributed by atoms with Gasteiger partial charge in [0.1, 0.15) is 11.5 Å². The molecule has 0 unspecified atom stereocenters. The van der Waals surface area contributed by atoms with Crippen LogP contribution in [0.2, 0.25) is 0 Å². The maximum Gasteiger partial charge on any atom is 0.137 e. The molecular weight excluding hydrogens is 279 g/mol. The molecule has 0 saturated carbocycles. The van der Waals surface area contributed by atoms with Gasteiger partial charge in [-0.1, -0.05) is 12.1 Å². The molecular formula is C17H13FN4. The molecule has 108 valence electrons. The minimum atomic E-state index is -0.247. The van der Waals surface area contributed by atoms with Crippen LogP contribution in [0, 0.1) is 5.82 Å². The summed E-state index contributed by atoms with van der Waals surface area (Å²) < 4.78 is 15.2. The third kappa shape index (κ3) is 2.07. The summed E-state index contributed by atoms with van der Waals surface area (Å²) in [4.78, 5) is 7.58. The lowest BCUT2D eigenvalue weighted by molar-refractivity contribution is 0.628. The Labute approximate surface area is 126 Å². The minimum Gasteiger partial charge on any atom is -0.346 e. The maximum absolute atomic E-state index is 13.5. The zero-order valence-corrected chi connectivity index (χ0v) is 11.9. The van der Waals surface area contributed by atoms with Gasteiger partial charge in [0.15, 0.2) is 0 Å². The van der Waals surface area contributed by atoms with Crippen molar-refractivity contribution in [1.29, 1.82) is 0 Å². The molecule has 4 rings (SSSR count). The smallest absolute Gasteiger partial charge is 0.137 e. The van der Waals surface area contributed by atoms with Gasteiger partial charge in [0.2, 0.25) is 0 Å². The normalized spacial score (nSPS) is 11.2. The molecule has 0 amide bonds. The molecule has 0 aliphatic rings. The van der Waals surface area contributed by atoms with Crippen LogP contribution in [0.1, 0.15) is 0 Å². The molecule has 3 heterocycles. The zero-order valence-electron chi connectivity index (χ0n) is 11.9. The number of aromatic nitrogens is 4. The van der Waals surface area contributed by atoms with Gasteiger partial charge < -0.3 is 4.98 Å². The number of rotatable bonds is 2. The SMILES string of the molecule is Cn1cc(-c2cnc3[nH]cc(-c4cccc(F)c4)c3c2)cn1. The topological polar surface area (TPSA) is 46.5 Å². The van der Waals surface area contributed by atoms with Gasteiger partial charge in [-0.15, -0.1) is 0 Å². The van der Waals surface area contributed by atoms with Crippen LogP contribution in [0.5, 0.6) is 0 Å². The lowest BCUT2D eigenvalue weighted by atomic mass is 10.0. The summed E-state index contributed by atoms with van der Waals surface area (Å²) >= 11 is 0. The third-order valence-electron chi connectivity index (χ3n) is 3.70. The fraction of sp³-hybridized carbons (Fsp3) is 0.0588. The van der Waals surface area contributed by atoms with Crippen molar-refractivity contribution in [2.75, 3.05) is 0 Å². The number of nitrogens with zero attached hydrogens (tertiary/aromatic N) is 3. The number of H-pyrrole nitrogens is 1. The number of halogens is 1. The van der Waals surface area contributed by atoms with Crippen LogP contribution in [0.3, 0.4) is 0 Å². The van der Waals surface area contributed by atoms with Gasteiger partial charge in [-0.25, -0.2) is 9.37 Å². The summed E-state index contributed by atoms with van der Waals surface area (Å²) in [6.07, 6.45) is 7.42. The molecule has 5 heteroatoms. The van der Waals surface area contributed by atoms with Crippen LogP contribution in [0.4, 0.5) is 4.39 Å². The highest BCUT2D eigenvalue weighted by Gasteiger charge is 2.10. The van der Waals surface area contributed by atoms with Crippen LogP contribution < -0.4 is 0 Å². The Morgan fingerprint density at radius 1 is 1.09 bits per heavy atom. The lowest BCUT2D eigenvalue weighted by Gasteiger charge is -2.02. The number of pyridine rings is 1. The number of fused-ring (bicyclic) bond motifs is 1. The van der Waals surface area contributed by atoms with E-state index in [4.69, 9.17) is 0 Å². The number of hydrogen-bond acceptors (Lipinski definition) is 2. The van der Waals surface area contributed by atoms with Crippen molar-refractivity contribution in [1.82, 2.24) is 19.7 Å². The fourth-order valence-electron chi connectivity index (χ4n) is 2.63. The quantitative estimate of drug-likeness (QED) is 0.611. The highest BCUT2D eigenvalue weighted by atomic mass is 19.1. The van der Waals surface area contributed by atoms with E-state index in [1.165, 1.54) is 12.1 Å². The number of aromatic amines is 1. The van der Waals surface area contributed by atoms with Gasteiger partial charge in [-0.3, -0.25) is 4.68 Å². The molecule has 0 atom stereocenters. The van der Waals surface area contributed by atoms with Crippen molar-refractivity contribution < 1.29 is 4.39 Å². The minimum absolute atomic E-state index is 0.247. The van der Waals surface area contributed by atoms with Crippen molar-refractivity contribution in [3.05, 3.63) is 60.9 Å². The van der Waals surface area contributed by atoms with E-state index < -0.39 is 0 Å². The van der Waals surface area contributed by atoms with Gasteiger partial charge in [0, 0.05) is 47.7 Å². The molecule has 22 heavy (non-hydrogen) atoms. The summed E-state index contributed by atoms with van der Waals surface area (Å²) in [6, 6.07) is 8.62. The number of hydrogen-bond donors (Lipinski definition) is 1. The van der Waals surface area contributed by atoms with Gasteiger partial charge >= 0.3 is 0 Å². The number of benzene rings is 1. The largest absolute Gasteiger partial charge is 0.346 e. The molecule has 0 saturated heterocycles. The average Bonchev–Trinajstić information content (AvgIpc) is 3.12. The molecule has 4 aromatic rings. The number of nitrogens with one attached hydrogen (secondary N) is 1. The predicted octanol–water partition coefficient (Wildman–Crippen LogP) is 3.77. The molecule has 0 spiro atoms. The molecule has 0 aliphatic heterocycles. The van der Waals surface area contributed by atoms with E-state index in [1.54, 1.807) is 16.9 Å². The lowest BCUT2D eigenvalue weighted by Crippen LogP contribution is -1.84. The molecule has 0 bridgehead atoms. The second-order valence-electron chi connectivity index (χ2n) is 5.24. The first-order valence-corrected chi connectivity index (χ1v) is 6.93. The first-order valence-electron chi connectivity index (χ1n) is 6.93. The van der Waals surface area contributed by atoms with E-state index in [2.05, 4.69) is 21.1 Å². The summed E-state index contributed by atoms with van der Waals surface area (Å²) in [7, 11) is 1.88. The van der Waals surface area contributed by atoms with Gasteiger partial charge in [0.05, 0.1) is 6.20 Å². The first-order chi connectivity index (χ1) is 10.7. The second-order valence-corrected chi connectivity index (χ2v) is 5.24. The van der Waals surface area contributed by atoms with Gasteiger partial charge in [0.25, 0.3) is 0 Å². The Kier molecular flexibility index (Phi) is 2.79. The summed E-state index contributed by atoms with van der Waals surface area (Å²) in [6.45, 7) is 0. The molecule has 1 N–H and O–H groups in total. The third-order valence-corrected chi connectivity index (χ3v) is 3.70. The Balaban J connectivity index is 1.90. The standard InChI is InChI=1S/C17H13FN4/c1-22-10-13(8-21-22)12-6-15-16(9-20-17(15)19-7-12)11-3-2-4-14(18)5-11/h2-10H,1H3,(H,19,20). The Bertz CT molecular complexity index is 968. The van der Waals surface area contributed by atoms with Gasteiger partial charge in [-0.05, 0) is 23.8 Å². The molecule has 1 aromatic carbocycles. The van der Waals surface area contributed by atoms with E-state index in [0.29, 0.717) is 0 Å². The highest BCUT2D eigenvalue weighted by molar-refractivity contribution is 5.95. The summed E-state index contributed by atoms with van der Waals surface area (Å²) in [5.41, 5.74) is 4.54. The molecule has 0 radical (unpaired) electrons. The van der Waals surface area contributed by atoms with E-state index in [-0.39, 0.29) is 5.82 Å². The van der Waals surface area contributed by atoms with Gasteiger partial charge in [-0.2, -0.15) is 5.10 Å². The molecule has 4 nitrogen and oxygen atoms in total. The van der Waals surface area contributed by atoms with E-state index in [1.807, 2.05) is 31.7 Å². The Morgan fingerprint density at radius 3 is 2.77 bits per heavy atom. The molecule has 0 aliphatic carbocycles. The van der Waals surface area contributed by atoms with E-state index >= 15 is 0 Å². The monoisotopic (exact) mass is 292 g/mol. The predicted molar refractivity (Wildman–Crippen MR) is 83.7 cm³/mol. The van der Waals surface area contributed by atoms with Crippen LogP contribution in [0.15, 0.2) is 55.1 Å². The fourth-order valence-corrected chi connectivity index (χ4v) is 2.63. The van der Waals surface area contributed by atoms with Crippen LogP contribution in [-0.2, 0) is 7.05 Å². The van der Waals surface area contributed by atoms with Crippen LogP contribution >= 0.6 is 0 Å². The average molecular weight is 292 g/mol. The van der Waals surface area contributed by atoms with Crippen LogP contribution in [-0.4, -0.2) is 19.7 Å². The van der Waals surface area contributed by atoms with E-state index in [0.717, 1.165) is 33.3 Å². The number of aryl methyl sites for hydroxylation is 1. The summed E-state index contributed by atoms with van der Waals surface area (Å²) in [5.74, 6) is -0.247.